The van der Waals surface area contributed by atoms with E-state index in [1.54, 1.807) is 38.4 Å². The van der Waals surface area contributed by atoms with E-state index in [1.165, 1.54) is 7.11 Å². The van der Waals surface area contributed by atoms with E-state index in [0.717, 1.165) is 22.5 Å². The maximum Gasteiger partial charge on any atom is 0.348 e. The molecule has 4 aromatic rings. The van der Waals surface area contributed by atoms with Crippen LogP contribution in [-0.2, 0) is 9.47 Å². The number of nitrogens with zero attached hydrogens (tertiary/aromatic N) is 2. The van der Waals surface area contributed by atoms with Gasteiger partial charge in [-0.3, -0.25) is 9.78 Å². The van der Waals surface area contributed by atoms with Crippen molar-refractivity contribution in [1.82, 2.24) is 9.97 Å². The van der Waals surface area contributed by atoms with Crippen molar-refractivity contribution in [3.05, 3.63) is 75.9 Å². The second-order valence-electron chi connectivity index (χ2n) is 7.74. The molecule has 0 aliphatic carbocycles. The summed E-state index contributed by atoms with van der Waals surface area (Å²) in [7, 11) is 1.26. The maximum atomic E-state index is 13.6. The fraction of sp³-hybridized carbons (Fsp3) is 0.192. The zero-order valence-electron chi connectivity index (χ0n) is 19.7. The summed E-state index contributed by atoms with van der Waals surface area (Å²) >= 11 is 0.972. The first-order valence-electron chi connectivity index (χ1n) is 10.9. The Bertz CT molecular complexity index is 1450. The molecule has 0 radical (unpaired) electrons. The third-order valence-corrected chi connectivity index (χ3v) is 6.58. The van der Waals surface area contributed by atoms with E-state index in [4.69, 9.17) is 14.5 Å². The van der Waals surface area contributed by atoms with Crippen molar-refractivity contribution in [3.63, 3.8) is 0 Å². The van der Waals surface area contributed by atoms with Gasteiger partial charge in [0, 0.05) is 23.3 Å². The first-order chi connectivity index (χ1) is 16.8. The highest BCUT2D eigenvalue weighted by molar-refractivity contribution is 7.18. The molecule has 0 saturated carbocycles. The van der Waals surface area contributed by atoms with Crippen LogP contribution in [-0.4, -0.2) is 41.5 Å². The zero-order chi connectivity index (χ0) is 25.1. The van der Waals surface area contributed by atoms with Gasteiger partial charge >= 0.3 is 11.9 Å². The van der Waals surface area contributed by atoms with Crippen molar-refractivity contribution in [3.8, 4) is 11.3 Å². The van der Waals surface area contributed by atoms with E-state index < -0.39 is 17.8 Å². The molecule has 0 bridgehead atoms. The number of methoxy groups -OCH3 is 1. The van der Waals surface area contributed by atoms with Gasteiger partial charge in [-0.2, -0.15) is 0 Å². The van der Waals surface area contributed by atoms with Crippen LogP contribution in [0.2, 0.25) is 0 Å². The van der Waals surface area contributed by atoms with Crippen molar-refractivity contribution in [2.24, 2.45) is 0 Å². The topological polar surface area (TPSA) is 107 Å². The number of benzene rings is 1. The number of thiophene rings is 1. The number of fused-ring (bicyclic) bond motifs is 1. The fourth-order valence-electron chi connectivity index (χ4n) is 3.70. The Hall–Kier alpha value is -4.11. The van der Waals surface area contributed by atoms with Gasteiger partial charge in [0.05, 0.1) is 36.1 Å². The lowest BCUT2D eigenvalue weighted by Gasteiger charge is -2.11. The standard InChI is InChI=1S/C26H23N3O5S/c1-5-34-25(31)21-15(3)22(26(32)33-4)35-24(21)29-23(30)18-12-20(16-7-6-10-27-13-16)28-19-9-8-14(2)11-17(18)19/h6-13H,5H2,1-4H3,(H,29,30). The molecule has 0 aliphatic rings. The minimum atomic E-state index is -0.627. The SMILES string of the molecule is CCOC(=O)c1c(NC(=O)c2cc(-c3cccnc3)nc3ccc(C)cc23)sc(C(=O)OC)c1C. The molecular formula is C26H23N3O5S. The quantitative estimate of drug-likeness (QED) is 0.371. The molecular weight excluding hydrogens is 466 g/mol. The molecule has 4 rings (SSSR count). The number of carbonyl (C=O) groups is 3. The molecule has 8 nitrogen and oxygen atoms in total. The molecule has 0 unspecified atom stereocenters. The molecule has 3 aromatic heterocycles. The number of esters is 2. The summed E-state index contributed by atoms with van der Waals surface area (Å²) in [6.07, 6.45) is 3.34. The van der Waals surface area contributed by atoms with Crippen molar-refractivity contribution in [2.45, 2.75) is 20.8 Å². The Morgan fingerprint density at radius 3 is 2.57 bits per heavy atom. The van der Waals surface area contributed by atoms with Gasteiger partial charge in [0.25, 0.3) is 5.91 Å². The van der Waals surface area contributed by atoms with Gasteiger partial charge in [0.15, 0.2) is 0 Å². The van der Waals surface area contributed by atoms with Crippen LogP contribution in [0.3, 0.4) is 0 Å². The molecule has 0 aliphatic heterocycles. The molecule has 0 atom stereocenters. The number of anilines is 1. The number of hydrogen-bond donors (Lipinski definition) is 1. The summed E-state index contributed by atoms with van der Waals surface area (Å²) in [5.41, 5.74) is 3.85. The molecule has 9 heteroatoms. The Morgan fingerprint density at radius 2 is 1.89 bits per heavy atom. The summed E-state index contributed by atoms with van der Waals surface area (Å²) in [6.45, 7) is 5.39. The van der Waals surface area contributed by atoms with Crippen LogP contribution in [0.5, 0.6) is 0 Å². The Morgan fingerprint density at radius 1 is 1.09 bits per heavy atom. The Labute approximate surface area is 205 Å². The monoisotopic (exact) mass is 489 g/mol. The van der Waals surface area contributed by atoms with E-state index in [1.807, 2.05) is 31.2 Å². The van der Waals surface area contributed by atoms with E-state index in [9.17, 15) is 14.4 Å². The van der Waals surface area contributed by atoms with Gasteiger partial charge in [-0.25, -0.2) is 14.6 Å². The first-order valence-corrected chi connectivity index (χ1v) is 11.7. The molecule has 0 spiro atoms. The molecule has 0 fully saturated rings. The number of carbonyl (C=O) groups excluding carboxylic acids is 3. The summed E-state index contributed by atoms with van der Waals surface area (Å²) in [6, 6.07) is 11.0. The minimum absolute atomic E-state index is 0.132. The third kappa shape index (κ3) is 4.76. The van der Waals surface area contributed by atoms with Gasteiger partial charge in [0.1, 0.15) is 9.88 Å². The molecule has 178 valence electrons. The number of aromatic nitrogens is 2. The molecule has 1 N–H and O–H groups in total. The Kier molecular flexibility index (Phi) is 6.88. The normalized spacial score (nSPS) is 10.7. The number of aryl methyl sites for hydroxylation is 1. The van der Waals surface area contributed by atoms with Gasteiger partial charge in [-0.15, -0.1) is 11.3 Å². The molecule has 1 aromatic carbocycles. The number of hydrogen-bond acceptors (Lipinski definition) is 8. The zero-order valence-corrected chi connectivity index (χ0v) is 20.5. The molecule has 35 heavy (non-hydrogen) atoms. The number of rotatable bonds is 6. The summed E-state index contributed by atoms with van der Waals surface area (Å²) in [5, 5.41) is 3.70. The lowest BCUT2D eigenvalue weighted by Crippen LogP contribution is -2.16. The summed E-state index contributed by atoms with van der Waals surface area (Å²) in [4.78, 5) is 47.6. The van der Waals surface area contributed by atoms with Crippen LogP contribution in [0.25, 0.3) is 22.2 Å². The van der Waals surface area contributed by atoms with Crippen LogP contribution >= 0.6 is 11.3 Å². The predicted octanol–water partition coefficient (Wildman–Crippen LogP) is 5.19. The third-order valence-electron chi connectivity index (χ3n) is 5.39. The van der Waals surface area contributed by atoms with Gasteiger partial charge in [0.2, 0.25) is 0 Å². The van der Waals surface area contributed by atoms with E-state index >= 15 is 0 Å². The van der Waals surface area contributed by atoms with Crippen molar-refractivity contribution >= 4 is 45.1 Å². The van der Waals surface area contributed by atoms with E-state index in [-0.39, 0.29) is 22.0 Å². The second kappa shape index (κ2) is 10.0. The van der Waals surface area contributed by atoms with Crippen LogP contribution in [0.15, 0.2) is 48.8 Å². The molecule has 1 amide bonds. The van der Waals surface area contributed by atoms with Crippen molar-refractivity contribution in [1.29, 1.82) is 0 Å². The highest BCUT2D eigenvalue weighted by atomic mass is 32.1. The van der Waals surface area contributed by atoms with Gasteiger partial charge < -0.3 is 14.8 Å². The average molecular weight is 490 g/mol. The van der Waals surface area contributed by atoms with Gasteiger partial charge in [-0.1, -0.05) is 11.6 Å². The van der Waals surface area contributed by atoms with Crippen LogP contribution in [0.1, 0.15) is 48.4 Å². The number of pyridine rings is 2. The highest BCUT2D eigenvalue weighted by Crippen LogP contribution is 2.35. The Balaban J connectivity index is 1.84. The van der Waals surface area contributed by atoms with Crippen LogP contribution in [0.4, 0.5) is 5.00 Å². The highest BCUT2D eigenvalue weighted by Gasteiger charge is 2.28. The van der Waals surface area contributed by atoms with Crippen molar-refractivity contribution in [2.75, 3.05) is 19.0 Å². The minimum Gasteiger partial charge on any atom is -0.465 e. The fourth-order valence-corrected chi connectivity index (χ4v) is 4.81. The lowest BCUT2D eigenvalue weighted by atomic mass is 10.0. The van der Waals surface area contributed by atoms with Crippen molar-refractivity contribution < 1.29 is 23.9 Å². The molecule has 3 heterocycles. The predicted molar refractivity (Wildman–Crippen MR) is 134 cm³/mol. The van der Waals surface area contributed by atoms with Crippen LogP contribution in [0, 0.1) is 13.8 Å². The lowest BCUT2D eigenvalue weighted by molar-refractivity contribution is 0.0527. The second-order valence-corrected chi connectivity index (χ2v) is 8.76. The van der Waals surface area contributed by atoms with Crippen LogP contribution < -0.4 is 5.32 Å². The number of nitrogens with one attached hydrogen (secondary N) is 1. The maximum absolute atomic E-state index is 13.6. The largest absolute Gasteiger partial charge is 0.465 e. The summed E-state index contributed by atoms with van der Waals surface area (Å²) < 4.78 is 10.0. The average Bonchev–Trinajstić information content (AvgIpc) is 3.19. The first kappa shape index (κ1) is 24.0. The molecule has 0 saturated heterocycles. The van der Waals surface area contributed by atoms with E-state index in [0.29, 0.717) is 27.7 Å². The number of ether oxygens (including phenoxy) is 2. The summed E-state index contributed by atoms with van der Waals surface area (Å²) in [5.74, 6) is -1.67. The van der Waals surface area contributed by atoms with Gasteiger partial charge in [-0.05, 0) is 56.7 Å². The smallest absolute Gasteiger partial charge is 0.348 e. The van der Waals surface area contributed by atoms with E-state index in [2.05, 4.69) is 10.3 Å². The number of amides is 1.